The number of esters is 1. The van der Waals surface area contributed by atoms with Gasteiger partial charge in [0, 0.05) is 11.4 Å². The molecule has 2 rings (SSSR count). The number of nitrogens with zero attached hydrogens (tertiary/aromatic N) is 2. The molecule has 0 radical (unpaired) electrons. The van der Waals surface area contributed by atoms with Gasteiger partial charge in [0.05, 0.1) is 6.61 Å². The average Bonchev–Trinajstić information content (AvgIpc) is 2.53. The lowest BCUT2D eigenvalue weighted by Crippen LogP contribution is -2.37. The van der Waals surface area contributed by atoms with Gasteiger partial charge in [0.25, 0.3) is 0 Å². The number of urea groups is 1. The summed E-state index contributed by atoms with van der Waals surface area (Å²) in [5.41, 5.74) is 1.10. The average molecular weight is 394 g/mol. The zero-order valence-corrected chi connectivity index (χ0v) is 15.7. The van der Waals surface area contributed by atoms with Crippen LogP contribution in [-0.4, -0.2) is 37.0 Å². The van der Waals surface area contributed by atoms with E-state index in [2.05, 4.69) is 15.3 Å². The van der Waals surface area contributed by atoms with Gasteiger partial charge >= 0.3 is 22.3 Å². The second-order valence-electron chi connectivity index (χ2n) is 5.28. The number of hydrogen-bond acceptors (Lipinski definition) is 8. The van der Waals surface area contributed by atoms with Gasteiger partial charge in [-0.15, -0.1) is 0 Å². The molecule has 0 atom stereocenters. The number of para-hydroxylation sites is 1. The second kappa shape index (κ2) is 8.45. The Balaban J connectivity index is 2.11. The zero-order valence-electron chi connectivity index (χ0n) is 14.8. The predicted molar refractivity (Wildman–Crippen MR) is 95.6 cm³/mol. The summed E-state index contributed by atoms with van der Waals surface area (Å²) in [5, 5.41) is 2.20. The number of carbonyl (C=O) groups excluding carboxylic acids is 2. The first kappa shape index (κ1) is 20.1. The fraction of sp³-hybridized carbons (Fsp3) is 0.250. The molecule has 0 bridgehead atoms. The zero-order chi connectivity index (χ0) is 20.0. The van der Waals surface area contributed by atoms with Crippen LogP contribution in [0.15, 0.2) is 30.3 Å². The number of hydrogen-bond donors (Lipinski definition) is 2. The summed E-state index contributed by atoms with van der Waals surface area (Å²) < 4.78 is 35.5. The molecule has 1 heterocycles. The van der Waals surface area contributed by atoms with Crippen molar-refractivity contribution in [2.75, 3.05) is 11.9 Å². The Hall–Kier alpha value is -3.21. The van der Waals surface area contributed by atoms with Gasteiger partial charge in [-0.05, 0) is 39.0 Å². The molecule has 27 heavy (non-hydrogen) atoms. The number of nitrogens with one attached hydrogen (secondary N) is 2. The van der Waals surface area contributed by atoms with E-state index in [1.807, 2.05) is 0 Å². The van der Waals surface area contributed by atoms with Gasteiger partial charge in [-0.1, -0.05) is 12.1 Å². The maximum absolute atomic E-state index is 12.1. The van der Waals surface area contributed by atoms with Crippen molar-refractivity contribution >= 4 is 28.3 Å². The minimum Gasteiger partial charge on any atom is -0.462 e. The Morgan fingerprint density at radius 1 is 1.11 bits per heavy atom. The van der Waals surface area contributed by atoms with E-state index in [4.69, 9.17) is 8.92 Å². The quantitative estimate of drug-likeness (QED) is 0.707. The molecule has 1 aromatic heterocycles. The molecule has 0 saturated heterocycles. The lowest BCUT2D eigenvalue weighted by atomic mass is 10.2. The summed E-state index contributed by atoms with van der Waals surface area (Å²) in [5.74, 6) is -1.09. The largest absolute Gasteiger partial charge is 0.462 e. The van der Waals surface area contributed by atoms with E-state index in [1.165, 1.54) is 24.3 Å². The van der Waals surface area contributed by atoms with E-state index in [9.17, 15) is 18.0 Å². The predicted octanol–water partition coefficient (Wildman–Crippen LogP) is 1.72. The van der Waals surface area contributed by atoms with E-state index in [-0.39, 0.29) is 23.9 Å². The molecule has 0 fully saturated rings. The molecule has 0 aliphatic heterocycles. The van der Waals surface area contributed by atoms with E-state index >= 15 is 0 Å². The number of carbonyl (C=O) groups is 2. The first-order valence-electron chi connectivity index (χ1n) is 7.82. The van der Waals surface area contributed by atoms with Crippen LogP contribution in [0.3, 0.4) is 0 Å². The van der Waals surface area contributed by atoms with Gasteiger partial charge < -0.3 is 8.92 Å². The van der Waals surface area contributed by atoms with Gasteiger partial charge in [-0.25, -0.2) is 24.3 Å². The molecule has 0 spiro atoms. The van der Waals surface area contributed by atoms with Crippen LogP contribution >= 0.6 is 0 Å². The minimum absolute atomic E-state index is 0.0628. The van der Waals surface area contributed by atoms with Crippen LogP contribution in [0.25, 0.3) is 0 Å². The molecule has 2 aromatic rings. The van der Waals surface area contributed by atoms with Crippen molar-refractivity contribution in [3.8, 4) is 5.75 Å². The Bertz CT molecular complexity index is 941. The number of rotatable bonds is 6. The Kier molecular flexibility index (Phi) is 6.29. The molecule has 1 aromatic carbocycles. The summed E-state index contributed by atoms with van der Waals surface area (Å²) in [6.45, 7) is 5.11. The number of aryl methyl sites for hydroxylation is 2. The Labute approximate surface area is 156 Å². The third-order valence-electron chi connectivity index (χ3n) is 3.01. The normalized spacial score (nSPS) is 10.8. The van der Waals surface area contributed by atoms with Crippen LogP contribution in [0, 0.1) is 13.8 Å². The van der Waals surface area contributed by atoms with Gasteiger partial charge in [0.1, 0.15) is 5.56 Å². The number of aromatic nitrogens is 2. The highest BCUT2D eigenvalue weighted by atomic mass is 32.2. The Morgan fingerprint density at radius 2 is 1.74 bits per heavy atom. The summed E-state index contributed by atoms with van der Waals surface area (Å²) in [6, 6.07) is 6.16. The van der Waals surface area contributed by atoms with Gasteiger partial charge in [-0.3, -0.25) is 5.32 Å². The monoisotopic (exact) mass is 394 g/mol. The van der Waals surface area contributed by atoms with Crippen LogP contribution in [0.2, 0.25) is 0 Å². The van der Waals surface area contributed by atoms with Crippen molar-refractivity contribution in [1.29, 1.82) is 0 Å². The first-order valence-corrected chi connectivity index (χ1v) is 9.22. The molecule has 0 aliphatic rings. The third kappa shape index (κ3) is 5.92. The number of amides is 2. The molecule has 144 valence electrons. The van der Waals surface area contributed by atoms with Crippen LogP contribution < -0.4 is 14.2 Å². The first-order chi connectivity index (χ1) is 12.7. The van der Waals surface area contributed by atoms with E-state index in [0.717, 1.165) is 0 Å². The SMILES string of the molecule is CCOC(=O)c1ccccc1OS(=O)(=O)NC(=O)Nc1nc(C)cc(C)n1. The number of ether oxygens (including phenoxy) is 1. The maximum atomic E-state index is 12.1. The third-order valence-corrected chi connectivity index (χ3v) is 3.84. The fourth-order valence-electron chi connectivity index (χ4n) is 2.08. The van der Waals surface area contributed by atoms with Gasteiger partial charge in [0.2, 0.25) is 5.95 Å². The molecule has 0 saturated carbocycles. The molecule has 10 nitrogen and oxygen atoms in total. The fourth-order valence-corrected chi connectivity index (χ4v) is 2.78. The second-order valence-corrected chi connectivity index (χ2v) is 6.56. The van der Waals surface area contributed by atoms with Crippen LogP contribution in [0.1, 0.15) is 28.7 Å². The molecular formula is C16H18N4O6S. The highest BCUT2D eigenvalue weighted by Gasteiger charge is 2.22. The standard InChI is InChI=1S/C16H18N4O6S/c1-4-25-14(21)12-7-5-6-8-13(12)26-27(23,24)20-16(22)19-15-17-10(2)9-11(3)18-15/h5-9H,4H2,1-3H3,(H2,17,18,19,20,22). The van der Waals surface area contributed by atoms with E-state index in [0.29, 0.717) is 11.4 Å². The van der Waals surface area contributed by atoms with Crippen molar-refractivity contribution in [1.82, 2.24) is 14.7 Å². The number of benzene rings is 1. The summed E-state index contributed by atoms with van der Waals surface area (Å²) in [4.78, 5) is 31.7. The summed E-state index contributed by atoms with van der Waals surface area (Å²) >= 11 is 0. The van der Waals surface area contributed by atoms with Crippen LogP contribution in [0.5, 0.6) is 5.75 Å². The lowest BCUT2D eigenvalue weighted by molar-refractivity contribution is 0.0524. The van der Waals surface area contributed by atoms with E-state index in [1.54, 1.807) is 31.6 Å². The molecule has 2 N–H and O–H groups in total. The van der Waals surface area contributed by atoms with Crippen molar-refractivity contribution in [2.24, 2.45) is 0 Å². The molecular weight excluding hydrogens is 376 g/mol. The Morgan fingerprint density at radius 3 is 2.37 bits per heavy atom. The van der Waals surface area contributed by atoms with Crippen LogP contribution in [-0.2, 0) is 15.0 Å². The smallest absolute Gasteiger partial charge is 0.411 e. The highest BCUT2D eigenvalue weighted by molar-refractivity contribution is 7.85. The molecule has 0 aliphatic carbocycles. The summed E-state index contributed by atoms with van der Waals surface area (Å²) in [7, 11) is -4.57. The molecule has 2 amide bonds. The van der Waals surface area contributed by atoms with Crippen molar-refractivity contribution in [3.63, 3.8) is 0 Å². The highest BCUT2D eigenvalue weighted by Crippen LogP contribution is 2.20. The van der Waals surface area contributed by atoms with Crippen molar-refractivity contribution < 1.29 is 26.9 Å². The van der Waals surface area contributed by atoms with Crippen LogP contribution in [0.4, 0.5) is 10.7 Å². The summed E-state index contributed by atoms with van der Waals surface area (Å²) in [6.07, 6.45) is 0. The van der Waals surface area contributed by atoms with Gasteiger partial charge in [-0.2, -0.15) is 8.42 Å². The van der Waals surface area contributed by atoms with E-state index < -0.39 is 22.3 Å². The topological polar surface area (TPSA) is 137 Å². The lowest BCUT2D eigenvalue weighted by Gasteiger charge is -2.11. The van der Waals surface area contributed by atoms with Gasteiger partial charge in [0.15, 0.2) is 5.75 Å². The minimum atomic E-state index is -4.57. The molecule has 11 heteroatoms. The van der Waals surface area contributed by atoms with Crippen molar-refractivity contribution in [3.05, 3.63) is 47.3 Å². The van der Waals surface area contributed by atoms with Crippen molar-refractivity contribution in [2.45, 2.75) is 20.8 Å². The molecule has 0 unspecified atom stereocenters. The number of anilines is 1. The maximum Gasteiger partial charge on any atom is 0.411 e.